The minimum atomic E-state index is -3.64. The maximum Gasteiger partial charge on any atom is 0.255 e. The Morgan fingerprint density at radius 3 is 2.17 bits per heavy atom. The Labute approximate surface area is 207 Å². The molecule has 1 aliphatic carbocycles. The average molecular weight is 491 g/mol. The van der Waals surface area contributed by atoms with Gasteiger partial charge in [-0.2, -0.15) is 4.31 Å². The van der Waals surface area contributed by atoms with E-state index >= 15 is 0 Å². The van der Waals surface area contributed by atoms with Gasteiger partial charge in [0.2, 0.25) is 10.0 Å². The second kappa shape index (κ2) is 10.5. The summed E-state index contributed by atoms with van der Waals surface area (Å²) in [5, 5.41) is 2.82. The van der Waals surface area contributed by atoms with Gasteiger partial charge in [-0.25, -0.2) is 8.42 Å². The van der Waals surface area contributed by atoms with Gasteiger partial charge in [0.25, 0.3) is 5.91 Å². The summed E-state index contributed by atoms with van der Waals surface area (Å²) < 4.78 is 27.6. The molecular formula is C28H30N2O4S. The first-order chi connectivity index (χ1) is 16.8. The lowest BCUT2D eigenvalue weighted by Crippen LogP contribution is -2.38. The van der Waals surface area contributed by atoms with Gasteiger partial charge in [-0.1, -0.05) is 61.2 Å². The highest BCUT2D eigenvalue weighted by Gasteiger charge is 2.29. The van der Waals surface area contributed by atoms with Crippen LogP contribution in [-0.4, -0.2) is 37.5 Å². The molecule has 0 heterocycles. The van der Waals surface area contributed by atoms with E-state index in [1.165, 1.54) is 28.6 Å². The number of ketones is 1. The molecular weight excluding hydrogens is 460 g/mol. The zero-order chi connectivity index (χ0) is 25.0. The van der Waals surface area contributed by atoms with Crippen molar-refractivity contribution in [1.29, 1.82) is 0 Å². The Bertz CT molecular complexity index is 1310. The fourth-order valence-corrected chi connectivity index (χ4v) is 5.90. The van der Waals surface area contributed by atoms with Gasteiger partial charge < -0.3 is 5.32 Å². The molecule has 0 aromatic heterocycles. The predicted octanol–water partition coefficient (Wildman–Crippen LogP) is 5.43. The van der Waals surface area contributed by atoms with Gasteiger partial charge in [0.05, 0.1) is 10.6 Å². The average Bonchev–Trinajstić information content (AvgIpc) is 2.89. The van der Waals surface area contributed by atoms with E-state index in [2.05, 4.69) is 5.32 Å². The van der Waals surface area contributed by atoms with Crippen molar-refractivity contribution >= 4 is 27.4 Å². The second-order valence-corrected chi connectivity index (χ2v) is 11.0. The highest BCUT2D eigenvalue weighted by molar-refractivity contribution is 7.89. The molecule has 1 saturated carbocycles. The van der Waals surface area contributed by atoms with Crippen LogP contribution in [0.3, 0.4) is 0 Å². The Morgan fingerprint density at radius 1 is 0.857 bits per heavy atom. The molecule has 0 spiro atoms. The molecule has 0 aliphatic heterocycles. The quantitative estimate of drug-likeness (QED) is 0.448. The summed E-state index contributed by atoms with van der Waals surface area (Å²) in [5.41, 5.74) is 2.55. The van der Waals surface area contributed by atoms with Crippen molar-refractivity contribution in [3.63, 3.8) is 0 Å². The second-order valence-electron chi connectivity index (χ2n) is 9.04. The number of amides is 1. The van der Waals surface area contributed by atoms with Crippen LogP contribution in [0.15, 0.2) is 77.7 Å². The van der Waals surface area contributed by atoms with Crippen LogP contribution in [0, 0.1) is 6.92 Å². The zero-order valence-corrected chi connectivity index (χ0v) is 20.8. The van der Waals surface area contributed by atoms with E-state index in [-0.39, 0.29) is 16.7 Å². The Kier molecular flexibility index (Phi) is 7.48. The third-order valence-corrected chi connectivity index (χ3v) is 8.51. The number of nitrogens with zero attached hydrogens (tertiary/aromatic N) is 1. The number of benzene rings is 3. The standard InChI is InChI=1S/C28H30N2O4S/c1-20-13-18-26(25(19-20)27(31)21-9-5-3-6-10-21)29-28(32)22-14-16-24(17-15-22)35(33,34)30(2)23-11-7-4-8-12-23/h3,5-6,9-10,13-19,23H,4,7-8,11-12H2,1-2H3,(H,29,32). The van der Waals surface area contributed by atoms with E-state index in [4.69, 9.17) is 0 Å². The van der Waals surface area contributed by atoms with Crippen LogP contribution >= 0.6 is 0 Å². The minimum Gasteiger partial charge on any atom is -0.321 e. The number of carbonyl (C=O) groups excluding carboxylic acids is 2. The van der Waals surface area contributed by atoms with Crippen LogP contribution in [0.25, 0.3) is 0 Å². The number of sulfonamides is 1. The van der Waals surface area contributed by atoms with Gasteiger partial charge in [-0.15, -0.1) is 0 Å². The van der Waals surface area contributed by atoms with Gasteiger partial charge in [0.15, 0.2) is 5.78 Å². The number of carbonyl (C=O) groups is 2. The molecule has 182 valence electrons. The van der Waals surface area contributed by atoms with Crippen molar-refractivity contribution in [3.05, 3.63) is 95.1 Å². The number of hydrogen-bond acceptors (Lipinski definition) is 4. The van der Waals surface area contributed by atoms with Crippen LogP contribution in [0.1, 0.15) is 63.9 Å². The Hall–Kier alpha value is -3.29. The van der Waals surface area contributed by atoms with Crippen molar-refractivity contribution < 1.29 is 18.0 Å². The first-order valence-corrected chi connectivity index (χ1v) is 13.3. The molecule has 3 aromatic rings. The van der Waals surface area contributed by atoms with Crippen molar-refractivity contribution in [2.45, 2.75) is 50.0 Å². The number of nitrogens with one attached hydrogen (secondary N) is 1. The van der Waals surface area contributed by atoms with Gasteiger partial charge in [0, 0.05) is 29.8 Å². The Morgan fingerprint density at radius 2 is 1.51 bits per heavy atom. The predicted molar refractivity (Wildman–Crippen MR) is 137 cm³/mol. The SMILES string of the molecule is Cc1ccc(NC(=O)c2ccc(S(=O)(=O)N(C)C3CCCCC3)cc2)c(C(=O)c2ccccc2)c1. The topological polar surface area (TPSA) is 83.6 Å². The molecule has 7 heteroatoms. The molecule has 3 aromatic carbocycles. The molecule has 4 rings (SSSR count). The van der Waals surface area contributed by atoms with E-state index < -0.39 is 15.9 Å². The third-order valence-electron chi connectivity index (χ3n) is 6.59. The largest absolute Gasteiger partial charge is 0.321 e. The van der Waals surface area contributed by atoms with Crippen LogP contribution in [-0.2, 0) is 10.0 Å². The molecule has 0 saturated heterocycles. The first kappa shape index (κ1) is 24.8. The summed E-state index contributed by atoms with van der Waals surface area (Å²) in [4.78, 5) is 26.2. The zero-order valence-electron chi connectivity index (χ0n) is 20.0. The molecule has 0 atom stereocenters. The summed E-state index contributed by atoms with van der Waals surface area (Å²) in [6.45, 7) is 1.89. The van der Waals surface area contributed by atoms with Crippen LogP contribution in [0.2, 0.25) is 0 Å². The molecule has 0 bridgehead atoms. The molecule has 1 N–H and O–H groups in total. The summed E-state index contributed by atoms with van der Waals surface area (Å²) in [6.07, 6.45) is 4.97. The van der Waals surface area contributed by atoms with E-state index in [0.717, 1.165) is 37.7 Å². The Balaban J connectivity index is 1.53. The highest BCUT2D eigenvalue weighted by Crippen LogP contribution is 2.27. The lowest BCUT2D eigenvalue weighted by molar-refractivity contribution is 0.102. The fraction of sp³-hybridized carbons (Fsp3) is 0.286. The van der Waals surface area contributed by atoms with Crippen molar-refractivity contribution in [2.75, 3.05) is 12.4 Å². The molecule has 6 nitrogen and oxygen atoms in total. The van der Waals surface area contributed by atoms with Gasteiger partial charge in [-0.05, 0) is 56.2 Å². The van der Waals surface area contributed by atoms with Crippen LogP contribution in [0.5, 0.6) is 0 Å². The monoisotopic (exact) mass is 490 g/mol. The molecule has 1 amide bonds. The van der Waals surface area contributed by atoms with Crippen molar-refractivity contribution in [2.24, 2.45) is 0 Å². The lowest BCUT2D eigenvalue weighted by Gasteiger charge is -2.30. The van der Waals surface area contributed by atoms with Crippen LogP contribution < -0.4 is 5.32 Å². The van der Waals surface area contributed by atoms with Gasteiger partial charge in [-0.3, -0.25) is 9.59 Å². The lowest BCUT2D eigenvalue weighted by atomic mass is 9.96. The molecule has 0 radical (unpaired) electrons. The smallest absolute Gasteiger partial charge is 0.255 e. The van der Waals surface area contributed by atoms with E-state index in [0.29, 0.717) is 22.4 Å². The fourth-order valence-electron chi connectivity index (χ4n) is 4.48. The highest BCUT2D eigenvalue weighted by atomic mass is 32.2. The molecule has 0 unspecified atom stereocenters. The third kappa shape index (κ3) is 5.52. The normalized spacial score (nSPS) is 14.6. The van der Waals surface area contributed by atoms with E-state index in [1.807, 2.05) is 19.1 Å². The van der Waals surface area contributed by atoms with Crippen molar-refractivity contribution in [1.82, 2.24) is 4.31 Å². The summed E-state index contributed by atoms with van der Waals surface area (Å²) in [6, 6.07) is 20.1. The maximum atomic E-state index is 13.1. The summed E-state index contributed by atoms with van der Waals surface area (Å²) in [5.74, 6) is -0.600. The number of hydrogen-bond donors (Lipinski definition) is 1. The number of aryl methyl sites for hydroxylation is 1. The van der Waals surface area contributed by atoms with E-state index in [1.54, 1.807) is 43.4 Å². The number of rotatable bonds is 7. The minimum absolute atomic E-state index is 0.0128. The van der Waals surface area contributed by atoms with Crippen LogP contribution in [0.4, 0.5) is 5.69 Å². The van der Waals surface area contributed by atoms with Gasteiger partial charge >= 0.3 is 0 Å². The molecule has 35 heavy (non-hydrogen) atoms. The van der Waals surface area contributed by atoms with E-state index in [9.17, 15) is 18.0 Å². The summed E-state index contributed by atoms with van der Waals surface area (Å²) in [7, 11) is -2.00. The van der Waals surface area contributed by atoms with Crippen molar-refractivity contribution in [3.8, 4) is 0 Å². The molecule has 1 fully saturated rings. The van der Waals surface area contributed by atoms with Gasteiger partial charge in [0.1, 0.15) is 0 Å². The molecule has 1 aliphatic rings. The summed E-state index contributed by atoms with van der Waals surface area (Å²) >= 11 is 0. The maximum absolute atomic E-state index is 13.1. The first-order valence-electron chi connectivity index (χ1n) is 11.9. The number of anilines is 1.